The van der Waals surface area contributed by atoms with Gasteiger partial charge in [-0.1, -0.05) is 70.9 Å². The van der Waals surface area contributed by atoms with Crippen LogP contribution in [0, 0.1) is 16.2 Å². The van der Waals surface area contributed by atoms with Gasteiger partial charge in [-0.25, -0.2) is 9.78 Å². The molecule has 12 heteroatoms. The molecule has 318 valence electrons. The first-order valence-electron chi connectivity index (χ1n) is 21.1. The van der Waals surface area contributed by atoms with E-state index in [9.17, 15) is 19.5 Å². The number of aromatic carboxylic acids is 1. The highest BCUT2D eigenvalue weighted by atomic mass is 16.5. The summed E-state index contributed by atoms with van der Waals surface area (Å²) in [5.74, 6) is -0.627. The fourth-order valence-electron chi connectivity index (χ4n) is 9.46. The molecule has 0 saturated heterocycles. The highest BCUT2D eigenvalue weighted by molar-refractivity contribution is 6.12. The number of likely N-dealkylation sites (N-methyl/N-ethyl adjacent to an activating group) is 1. The summed E-state index contributed by atoms with van der Waals surface area (Å²) in [7, 11) is 3.72. The maximum atomic E-state index is 13.0. The smallest absolute Gasteiger partial charge is 0.355 e. The number of nitrogens with zero attached hydrogens (tertiary/aromatic N) is 3. The topological polar surface area (TPSA) is 160 Å². The second-order valence-corrected chi connectivity index (χ2v) is 17.3. The molecule has 1 fully saturated rings. The number of carboxylic acid groups (broad SMARTS) is 1. The Balaban J connectivity index is 1.26. The second-order valence-electron chi connectivity index (χ2n) is 17.3. The average molecular weight is 808 g/mol. The van der Waals surface area contributed by atoms with Crippen LogP contribution in [0.5, 0.6) is 0 Å². The van der Waals surface area contributed by atoms with E-state index in [1.807, 2.05) is 68.4 Å². The minimum absolute atomic E-state index is 0.0201. The lowest BCUT2D eigenvalue weighted by Gasteiger charge is -2.54. The van der Waals surface area contributed by atoms with Crippen LogP contribution in [-0.2, 0) is 29.0 Å². The van der Waals surface area contributed by atoms with Crippen LogP contribution in [0.2, 0.25) is 0 Å². The van der Waals surface area contributed by atoms with Crippen LogP contribution in [0.25, 0.3) is 5.57 Å². The van der Waals surface area contributed by atoms with Gasteiger partial charge in [-0.3, -0.25) is 9.59 Å². The standard InChI is InChI=1S/C47H65N7O5/c1-8-20-47(59-23-22-53(7)42(56)26-50-25-34-13-15-37(49-6)16-14-34)30-45(4,9-2)29-46(5,31-47)32-51-33(3)39(24-48)38-17-18-41(52-43(38)44(57)58)54-21-19-35-11-10-12-36(28-55)40(35)27-54/h10-18,24,28,48-51H,8-9,19-23,25-27,29-32H2,1-7H3,(H,57,58)/b39-33+,48-24?. The fourth-order valence-corrected chi connectivity index (χ4v) is 9.46. The van der Waals surface area contributed by atoms with Gasteiger partial charge in [0.05, 0.1) is 18.8 Å². The molecule has 2 aromatic carbocycles. The number of ether oxygens (including phenoxy) is 1. The maximum absolute atomic E-state index is 13.0. The summed E-state index contributed by atoms with van der Waals surface area (Å²) in [5.41, 5.74) is 5.77. The number of hydrogen-bond donors (Lipinski definition) is 5. The zero-order chi connectivity index (χ0) is 42.8. The number of amides is 1. The van der Waals surface area contributed by atoms with Gasteiger partial charge >= 0.3 is 5.97 Å². The van der Waals surface area contributed by atoms with Crippen LogP contribution in [-0.4, -0.2) is 91.8 Å². The maximum Gasteiger partial charge on any atom is 0.355 e. The summed E-state index contributed by atoms with van der Waals surface area (Å²) in [6, 6.07) is 17.4. The SMILES string of the molecule is CCCC1(OCCN(C)C(=O)CNCc2ccc(NC)cc2)CC(C)(CC)CC(C)(CN/C(C)=C(\C=N)c2ccc(N3CCc4cccc(C=O)c4C3)nc2C(=O)O)C1. The molecule has 59 heavy (non-hydrogen) atoms. The van der Waals surface area contributed by atoms with Crippen LogP contribution in [0.15, 0.2) is 60.3 Å². The summed E-state index contributed by atoms with van der Waals surface area (Å²) >= 11 is 0. The van der Waals surface area contributed by atoms with Crippen molar-refractivity contribution in [3.63, 3.8) is 0 Å². The number of allylic oxidation sites excluding steroid dienone is 2. The van der Waals surface area contributed by atoms with Crippen molar-refractivity contribution in [3.8, 4) is 0 Å². The van der Waals surface area contributed by atoms with Gasteiger partial charge in [0.2, 0.25) is 5.91 Å². The molecule has 12 nitrogen and oxygen atoms in total. The zero-order valence-corrected chi connectivity index (χ0v) is 36.2. The molecule has 1 aliphatic carbocycles. The minimum atomic E-state index is -1.17. The molecule has 0 bridgehead atoms. The molecule has 0 spiro atoms. The first kappa shape index (κ1) is 45.0. The summed E-state index contributed by atoms with van der Waals surface area (Å²) < 4.78 is 6.91. The Morgan fingerprint density at radius 1 is 1.05 bits per heavy atom. The van der Waals surface area contributed by atoms with Crippen molar-refractivity contribution in [2.45, 2.75) is 98.3 Å². The van der Waals surface area contributed by atoms with Crippen molar-refractivity contribution >= 4 is 41.5 Å². The van der Waals surface area contributed by atoms with Gasteiger partial charge in [0, 0.05) is 81.1 Å². The number of carbonyl (C=O) groups is 3. The Morgan fingerprint density at radius 3 is 2.46 bits per heavy atom. The highest BCUT2D eigenvalue weighted by Gasteiger charge is 2.50. The van der Waals surface area contributed by atoms with Gasteiger partial charge < -0.3 is 41.0 Å². The largest absolute Gasteiger partial charge is 0.476 e. The number of rotatable bonds is 20. The molecular formula is C47H65N7O5. The van der Waals surface area contributed by atoms with Gasteiger partial charge in [0.25, 0.3) is 0 Å². The molecule has 2 heterocycles. The predicted octanol–water partition coefficient (Wildman–Crippen LogP) is 7.58. The number of fused-ring (bicyclic) bond motifs is 1. The molecule has 3 unspecified atom stereocenters. The molecule has 1 aromatic heterocycles. The van der Waals surface area contributed by atoms with E-state index in [-0.39, 0.29) is 34.6 Å². The normalized spacial score (nSPS) is 21.8. The first-order chi connectivity index (χ1) is 28.2. The fraction of sp³-hybridized carbons (Fsp3) is 0.511. The number of aldehydes is 1. The van der Waals surface area contributed by atoms with Crippen molar-refractivity contribution < 1.29 is 24.2 Å². The quantitative estimate of drug-likeness (QED) is 0.0569. The number of hydrogen-bond acceptors (Lipinski definition) is 10. The van der Waals surface area contributed by atoms with Crippen molar-refractivity contribution in [2.24, 2.45) is 10.8 Å². The lowest BCUT2D eigenvalue weighted by Crippen LogP contribution is -2.52. The van der Waals surface area contributed by atoms with E-state index >= 15 is 0 Å². The number of aromatic nitrogens is 1. The monoisotopic (exact) mass is 808 g/mol. The van der Waals surface area contributed by atoms with E-state index in [1.54, 1.807) is 17.0 Å². The Bertz CT molecular complexity index is 2000. The summed E-state index contributed by atoms with van der Waals surface area (Å²) in [6.45, 7) is 14.5. The van der Waals surface area contributed by atoms with E-state index in [2.05, 4.69) is 48.6 Å². The van der Waals surface area contributed by atoms with E-state index < -0.39 is 5.97 Å². The molecule has 0 radical (unpaired) electrons. The van der Waals surface area contributed by atoms with Gasteiger partial charge in [0.15, 0.2) is 5.69 Å². The molecule has 1 amide bonds. The summed E-state index contributed by atoms with van der Waals surface area (Å²) in [4.78, 5) is 45.8. The predicted molar refractivity (Wildman–Crippen MR) is 236 cm³/mol. The van der Waals surface area contributed by atoms with Crippen LogP contribution in [0.4, 0.5) is 11.5 Å². The molecular weight excluding hydrogens is 743 g/mol. The van der Waals surface area contributed by atoms with E-state index in [4.69, 9.17) is 10.1 Å². The van der Waals surface area contributed by atoms with Crippen LogP contribution < -0.4 is 20.9 Å². The molecule has 3 aromatic rings. The van der Waals surface area contributed by atoms with Crippen molar-refractivity contribution in [1.29, 1.82) is 5.41 Å². The number of carboxylic acids is 1. The Kier molecular flexibility index (Phi) is 15.1. The lowest BCUT2D eigenvalue weighted by molar-refractivity contribution is -0.149. The van der Waals surface area contributed by atoms with Gasteiger partial charge in [0.1, 0.15) is 12.1 Å². The number of carbonyl (C=O) groups excluding carboxylic acids is 2. The van der Waals surface area contributed by atoms with Crippen molar-refractivity contribution in [3.05, 3.63) is 93.8 Å². The molecule has 1 saturated carbocycles. The molecule has 5 N–H and O–H groups in total. The molecule has 2 aliphatic rings. The molecule has 5 rings (SSSR count). The van der Waals surface area contributed by atoms with Gasteiger partial charge in [-0.05, 0) is 90.8 Å². The van der Waals surface area contributed by atoms with Crippen LogP contribution in [0.1, 0.15) is 116 Å². The Morgan fingerprint density at radius 2 is 1.80 bits per heavy atom. The molecule has 1 aliphatic heterocycles. The Labute approximate surface area is 350 Å². The minimum Gasteiger partial charge on any atom is -0.476 e. The lowest BCUT2D eigenvalue weighted by atomic mass is 9.56. The summed E-state index contributed by atoms with van der Waals surface area (Å²) in [6.07, 6.45) is 8.41. The number of benzene rings is 2. The zero-order valence-electron chi connectivity index (χ0n) is 36.2. The van der Waals surface area contributed by atoms with Crippen molar-refractivity contribution in [2.75, 3.05) is 57.1 Å². The van der Waals surface area contributed by atoms with Crippen LogP contribution in [0.3, 0.4) is 0 Å². The highest BCUT2D eigenvalue weighted by Crippen LogP contribution is 2.54. The second kappa shape index (κ2) is 19.8. The average Bonchev–Trinajstić information content (AvgIpc) is 3.22. The number of nitrogens with one attached hydrogen (secondary N) is 4. The van der Waals surface area contributed by atoms with Crippen LogP contribution >= 0.6 is 0 Å². The number of anilines is 2. The Hall–Kier alpha value is -5.07. The van der Waals surface area contributed by atoms with Gasteiger partial charge in [-0.2, -0.15) is 0 Å². The summed E-state index contributed by atoms with van der Waals surface area (Å²) in [5, 5.41) is 28.8. The van der Waals surface area contributed by atoms with E-state index in [1.165, 1.54) is 6.21 Å². The number of pyridine rings is 1. The third-order valence-electron chi connectivity index (χ3n) is 12.5. The third kappa shape index (κ3) is 11.2. The van der Waals surface area contributed by atoms with Crippen molar-refractivity contribution in [1.82, 2.24) is 20.5 Å². The van der Waals surface area contributed by atoms with E-state index in [0.717, 1.165) is 73.6 Å². The third-order valence-corrected chi connectivity index (χ3v) is 12.5. The molecule has 3 atom stereocenters. The first-order valence-corrected chi connectivity index (χ1v) is 21.1. The van der Waals surface area contributed by atoms with E-state index in [0.29, 0.717) is 67.5 Å². The van der Waals surface area contributed by atoms with Gasteiger partial charge in [-0.15, -0.1) is 0 Å².